The van der Waals surface area contributed by atoms with Crippen molar-refractivity contribution in [1.82, 2.24) is 4.98 Å². The molecule has 1 rings (SSSR count). The maximum atomic E-state index is 8.67. The van der Waals surface area contributed by atoms with E-state index in [2.05, 4.69) is 4.98 Å². The highest BCUT2D eigenvalue weighted by molar-refractivity contribution is 5.28. The first-order valence-corrected chi connectivity index (χ1v) is 2.16. The molecule has 0 unspecified atom stereocenters. The van der Waals surface area contributed by atoms with E-state index in [0.29, 0.717) is 0 Å². The summed E-state index contributed by atoms with van der Waals surface area (Å²) >= 11 is 0. The zero-order chi connectivity index (χ0) is 5.98. The van der Waals surface area contributed by atoms with E-state index in [-0.39, 0.29) is 11.6 Å². The summed E-state index contributed by atoms with van der Waals surface area (Å²) < 4.78 is 0. The minimum atomic E-state index is -0.0764. The lowest BCUT2D eigenvalue weighted by atomic mass is 10.4. The Hall–Kier alpha value is -1.25. The molecule has 42 valence electrons. The molecule has 0 saturated carbocycles. The number of aromatic nitrogens is 1. The molecule has 0 aliphatic heterocycles. The van der Waals surface area contributed by atoms with Crippen LogP contribution in [0.5, 0.6) is 11.6 Å². The summed E-state index contributed by atoms with van der Waals surface area (Å²) in [6, 6.07) is 3.00. The van der Waals surface area contributed by atoms with Crippen LogP contribution in [0.15, 0.2) is 18.3 Å². The van der Waals surface area contributed by atoms with Crippen LogP contribution in [0, 0.1) is 0 Å². The minimum Gasteiger partial charge on any atom is -0.576 e. The van der Waals surface area contributed by atoms with Crippen molar-refractivity contribution in [1.29, 1.82) is 0 Å². The molecule has 0 fully saturated rings. The Morgan fingerprint density at radius 2 is 2.38 bits per heavy atom. The monoisotopic (exact) mass is 112 g/mol. The summed E-state index contributed by atoms with van der Waals surface area (Å²) in [5.41, 5.74) is 0. The smallest absolute Gasteiger partial charge is 0.400 e. The molecule has 0 atom stereocenters. The molecule has 3 N–H and O–H groups in total. The molecular formula is C5H6NO2+. The molecule has 0 aromatic carbocycles. The third-order valence-electron chi connectivity index (χ3n) is 0.786. The molecule has 1 aromatic heterocycles. The SMILES string of the molecule is Oc1cccnc1[OH2+]. The van der Waals surface area contributed by atoms with Gasteiger partial charge in [0.1, 0.15) is 0 Å². The predicted molar refractivity (Wildman–Crippen MR) is 29.0 cm³/mol. The quantitative estimate of drug-likeness (QED) is 0.488. The summed E-state index contributed by atoms with van der Waals surface area (Å²) in [5.74, 6) is -0.153. The summed E-state index contributed by atoms with van der Waals surface area (Å²) in [6.07, 6.45) is 1.46. The Morgan fingerprint density at radius 3 is 2.75 bits per heavy atom. The van der Waals surface area contributed by atoms with Gasteiger partial charge >= 0.3 is 5.88 Å². The van der Waals surface area contributed by atoms with Gasteiger partial charge in [-0.2, -0.15) is 4.98 Å². The van der Waals surface area contributed by atoms with E-state index in [1.807, 2.05) is 0 Å². The van der Waals surface area contributed by atoms with Crippen LogP contribution in [0.1, 0.15) is 0 Å². The number of rotatable bonds is 0. The number of nitrogens with zero attached hydrogens (tertiary/aromatic N) is 1. The lowest BCUT2D eigenvalue weighted by Crippen LogP contribution is -1.70. The fourth-order valence-electron chi connectivity index (χ4n) is 0.397. The molecule has 1 heterocycles. The summed E-state index contributed by atoms with van der Waals surface area (Å²) in [5, 5.41) is 15.5. The first kappa shape index (κ1) is 4.90. The lowest BCUT2D eigenvalue weighted by molar-refractivity contribution is 0.389. The molecule has 0 bridgehead atoms. The van der Waals surface area contributed by atoms with Crippen LogP contribution in [-0.4, -0.2) is 15.2 Å². The van der Waals surface area contributed by atoms with Crippen LogP contribution >= 0.6 is 0 Å². The van der Waals surface area contributed by atoms with Gasteiger partial charge in [0.2, 0.25) is 5.75 Å². The molecule has 0 aliphatic rings. The largest absolute Gasteiger partial charge is 0.576 e. The van der Waals surface area contributed by atoms with Crippen LogP contribution < -0.4 is 0 Å². The first-order chi connectivity index (χ1) is 3.80. The van der Waals surface area contributed by atoms with Gasteiger partial charge in [0, 0.05) is 6.20 Å². The van der Waals surface area contributed by atoms with Crippen molar-refractivity contribution >= 4 is 0 Å². The molecule has 1 aromatic rings. The van der Waals surface area contributed by atoms with Crippen molar-refractivity contribution in [3.63, 3.8) is 0 Å². The third kappa shape index (κ3) is 0.703. The van der Waals surface area contributed by atoms with Crippen molar-refractivity contribution in [2.45, 2.75) is 0 Å². The Balaban J connectivity index is 3.13. The van der Waals surface area contributed by atoms with E-state index in [1.54, 1.807) is 6.07 Å². The second-order valence-corrected chi connectivity index (χ2v) is 1.37. The molecule has 8 heavy (non-hydrogen) atoms. The number of hydrogen-bond donors (Lipinski definition) is 1. The number of aromatic hydroxyl groups is 1. The van der Waals surface area contributed by atoms with Gasteiger partial charge in [-0.15, -0.1) is 0 Å². The third-order valence-corrected chi connectivity index (χ3v) is 0.786. The van der Waals surface area contributed by atoms with E-state index in [1.165, 1.54) is 12.3 Å². The Morgan fingerprint density at radius 1 is 1.62 bits per heavy atom. The van der Waals surface area contributed by atoms with E-state index in [9.17, 15) is 0 Å². The van der Waals surface area contributed by atoms with Gasteiger partial charge in [-0.05, 0) is 12.1 Å². The standard InChI is InChI=1S/C5H5NO2/c7-4-2-1-3-6-5(4)8/h1-3,7H,(H,6,8)/p+1. The van der Waals surface area contributed by atoms with Gasteiger partial charge in [-0.25, -0.2) is 0 Å². The topological polar surface area (TPSA) is 56.0 Å². The van der Waals surface area contributed by atoms with E-state index in [0.717, 1.165) is 0 Å². The van der Waals surface area contributed by atoms with Gasteiger partial charge in [0.05, 0.1) is 0 Å². The minimum absolute atomic E-state index is 0.0764. The molecule has 0 radical (unpaired) electrons. The number of pyridine rings is 1. The Kier molecular flexibility index (Phi) is 1.04. The number of hydrogen-bond acceptors (Lipinski definition) is 2. The second-order valence-electron chi connectivity index (χ2n) is 1.37. The fraction of sp³-hybridized carbons (Fsp3) is 0. The predicted octanol–water partition coefficient (Wildman–Crippen LogP) is 0.225. The van der Waals surface area contributed by atoms with Crippen molar-refractivity contribution in [2.24, 2.45) is 0 Å². The van der Waals surface area contributed by atoms with Crippen LogP contribution in [0.3, 0.4) is 0 Å². The van der Waals surface area contributed by atoms with Gasteiger partial charge in [-0.3, -0.25) is 0 Å². The van der Waals surface area contributed by atoms with Crippen LogP contribution in [0.25, 0.3) is 0 Å². The average molecular weight is 112 g/mol. The maximum absolute atomic E-state index is 8.67. The summed E-state index contributed by atoms with van der Waals surface area (Å²) in [6.45, 7) is 0. The van der Waals surface area contributed by atoms with Gasteiger partial charge in [-0.1, -0.05) is 0 Å². The van der Waals surface area contributed by atoms with Gasteiger partial charge in [0.25, 0.3) is 0 Å². The Labute approximate surface area is 46.2 Å². The summed E-state index contributed by atoms with van der Waals surface area (Å²) in [4.78, 5) is 3.50. The molecule has 0 spiro atoms. The average Bonchev–Trinajstić information content (AvgIpc) is 1.77. The second kappa shape index (κ2) is 1.69. The van der Waals surface area contributed by atoms with Gasteiger partial charge < -0.3 is 10.2 Å². The normalized spacial score (nSPS) is 9.00. The van der Waals surface area contributed by atoms with E-state index >= 15 is 0 Å². The Bertz CT molecular complexity index is 167. The molecule has 0 aliphatic carbocycles. The lowest BCUT2D eigenvalue weighted by Gasteiger charge is -1.85. The highest BCUT2D eigenvalue weighted by atomic mass is 16.3. The highest BCUT2D eigenvalue weighted by Gasteiger charge is 1.98. The van der Waals surface area contributed by atoms with Crippen LogP contribution in [0.4, 0.5) is 0 Å². The zero-order valence-electron chi connectivity index (χ0n) is 4.13. The molecule has 3 heteroatoms. The van der Waals surface area contributed by atoms with Crippen LogP contribution in [-0.2, 0) is 0 Å². The van der Waals surface area contributed by atoms with Gasteiger partial charge in [0.15, 0.2) is 0 Å². The van der Waals surface area contributed by atoms with Crippen molar-refractivity contribution < 1.29 is 10.2 Å². The molecular weight excluding hydrogens is 106 g/mol. The van der Waals surface area contributed by atoms with E-state index < -0.39 is 0 Å². The van der Waals surface area contributed by atoms with Crippen molar-refractivity contribution in [3.05, 3.63) is 18.3 Å². The van der Waals surface area contributed by atoms with E-state index in [4.69, 9.17) is 10.2 Å². The molecule has 0 amide bonds. The highest BCUT2D eigenvalue weighted by Crippen LogP contribution is 2.17. The molecule has 0 saturated heterocycles. The summed E-state index contributed by atoms with van der Waals surface area (Å²) in [7, 11) is 0. The fourth-order valence-corrected chi connectivity index (χ4v) is 0.397. The molecule has 3 nitrogen and oxygen atoms in total. The maximum Gasteiger partial charge on any atom is 0.400 e. The first-order valence-electron chi connectivity index (χ1n) is 2.16. The van der Waals surface area contributed by atoms with Crippen molar-refractivity contribution in [3.8, 4) is 11.6 Å². The van der Waals surface area contributed by atoms with Crippen LogP contribution in [0.2, 0.25) is 0 Å². The van der Waals surface area contributed by atoms with Crippen molar-refractivity contribution in [2.75, 3.05) is 0 Å². The zero-order valence-corrected chi connectivity index (χ0v) is 4.13.